The van der Waals surface area contributed by atoms with Crippen LogP contribution in [0, 0.1) is 6.92 Å². The Morgan fingerprint density at radius 3 is 2.63 bits per heavy atom. The number of ketones is 1. The molecule has 1 aliphatic heterocycles. The van der Waals surface area contributed by atoms with Gasteiger partial charge in [0.1, 0.15) is 17.2 Å². The van der Waals surface area contributed by atoms with E-state index in [0.717, 1.165) is 27.6 Å². The van der Waals surface area contributed by atoms with Crippen LogP contribution >= 0.6 is 0 Å². The summed E-state index contributed by atoms with van der Waals surface area (Å²) in [4.78, 5) is 26.1. The fourth-order valence-corrected chi connectivity index (χ4v) is 4.71. The summed E-state index contributed by atoms with van der Waals surface area (Å²) < 4.78 is 30.0. The van der Waals surface area contributed by atoms with E-state index in [2.05, 4.69) is 0 Å². The first-order chi connectivity index (χ1) is 18.4. The van der Waals surface area contributed by atoms with Crippen LogP contribution in [0.4, 0.5) is 0 Å². The molecule has 0 bridgehead atoms. The lowest BCUT2D eigenvalue weighted by Crippen LogP contribution is -2.08. The zero-order valence-electron chi connectivity index (χ0n) is 21.2. The van der Waals surface area contributed by atoms with E-state index >= 15 is 0 Å². The number of fused-ring (bicyclic) bond motifs is 3. The molecule has 0 amide bonds. The highest BCUT2D eigenvalue weighted by Crippen LogP contribution is 2.40. The molecule has 0 unspecified atom stereocenters. The van der Waals surface area contributed by atoms with Crippen LogP contribution < -0.4 is 18.9 Å². The molecule has 8 heteroatoms. The van der Waals surface area contributed by atoms with Crippen molar-refractivity contribution in [1.29, 1.82) is 0 Å². The number of hydrogen-bond donors (Lipinski definition) is 0. The zero-order chi connectivity index (χ0) is 26.6. The first kappa shape index (κ1) is 23.4. The molecule has 8 nitrogen and oxygen atoms in total. The Morgan fingerprint density at radius 1 is 1.00 bits per heavy atom. The molecular formula is C30H23NO7. The number of para-hydroxylation sites is 1. The average Bonchev–Trinajstić information content (AvgIpc) is 3.60. The van der Waals surface area contributed by atoms with E-state index in [1.807, 2.05) is 48.1 Å². The van der Waals surface area contributed by atoms with Crippen molar-refractivity contribution in [3.05, 3.63) is 89.0 Å². The molecule has 0 radical (unpaired) electrons. The number of aryl methyl sites for hydroxylation is 1. The Morgan fingerprint density at radius 2 is 1.84 bits per heavy atom. The summed E-state index contributed by atoms with van der Waals surface area (Å²) in [7, 11) is 5.08. The average molecular weight is 510 g/mol. The number of carbonyl (C=O) groups excluding carboxylic acids is 2. The molecule has 0 fully saturated rings. The maximum atomic E-state index is 13.2. The van der Waals surface area contributed by atoms with E-state index in [0.29, 0.717) is 28.2 Å². The third-order valence-corrected chi connectivity index (χ3v) is 6.68. The lowest BCUT2D eigenvalue weighted by molar-refractivity contribution is 0.0702. The van der Waals surface area contributed by atoms with Crippen molar-refractivity contribution < 1.29 is 33.0 Å². The first-order valence-electron chi connectivity index (χ1n) is 11.9. The zero-order valence-corrected chi connectivity index (χ0v) is 21.2. The maximum Gasteiger partial charge on any atom is 0.379 e. The van der Waals surface area contributed by atoms with Crippen LogP contribution in [0.2, 0.25) is 0 Å². The van der Waals surface area contributed by atoms with Gasteiger partial charge in [0.05, 0.1) is 19.8 Å². The number of benzene rings is 3. The summed E-state index contributed by atoms with van der Waals surface area (Å²) in [6.07, 6.45) is 3.65. The topological polar surface area (TPSA) is 89.1 Å². The summed E-state index contributed by atoms with van der Waals surface area (Å²) >= 11 is 0. The van der Waals surface area contributed by atoms with Crippen molar-refractivity contribution in [3.8, 4) is 23.0 Å². The van der Waals surface area contributed by atoms with Crippen LogP contribution in [0.1, 0.15) is 32.0 Å². The quantitative estimate of drug-likeness (QED) is 0.161. The molecule has 38 heavy (non-hydrogen) atoms. The number of aromatic nitrogens is 1. The van der Waals surface area contributed by atoms with Crippen molar-refractivity contribution in [3.63, 3.8) is 0 Å². The standard InChI is InChI=1S/C30H23NO7/c1-16-23(38-30(33)26-12-17-6-5-7-24(35-4)29(17)37-26)11-9-20-27(32)25(36-28(16)20)13-18-15-31(2)22-10-8-19(34-3)14-21(18)22/h5-15H,1-4H3/b25-13-. The van der Waals surface area contributed by atoms with Crippen molar-refractivity contribution in [2.45, 2.75) is 6.92 Å². The maximum absolute atomic E-state index is 13.2. The highest BCUT2D eigenvalue weighted by molar-refractivity contribution is 6.15. The minimum absolute atomic E-state index is 0.0355. The smallest absolute Gasteiger partial charge is 0.379 e. The van der Waals surface area contributed by atoms with Gasteiger partial charge >= 0.3 is 5.97 Å². The molecule has 0 aliphatic carbocycles. The van der Waals surface area contributed by atoms with Gasteiger partial charge < -0.3 is 27.9 Å². The molecule has 5 aromatic rings. The summed E-state index contributed by atoms with van der Waals surface area (Å²) in [5, 5.41) is 1.65. The fraction of sp³-hybridized carbons (Fsp3) is 0.133. The molecular weight excluding hydrogens is 486 g/mol. The summed E-state index contributed by atoms with van der Waals surface area (Å²) in [6.45, 7) is 1.74. The normalized spacial score (nSPS) is 13.7. The molecule has 3 aromatic carbocycles. The summed E-state index contributed by atoms with van der Waals surface area (Å²) in [5.41, 5.74) is 3.21. The second-order valence-electron chi connectivity index (χ2n) is 8.96. The molecule has 2 aromatic heterocycles. The van der Waals surface area contributed by atoms with Gasteiger partial charge in [-0.25, -0.2) is 4.79 Å². The van der Waals surface area contributed by atoms with E-state index in [1.54, 1.807) is 44.4 Å². The molecule has 6 rings (SSSR count). The molecule has 0 saturated heterocycles. The molecule has 0 atom stereocenters. The number of hydrogen-bond acceptors (Lipinski definition) is 7. The van der Waals surface area contributed by atoms with Gasteiger partial charge in [0.25, 0.3) is 0 Å². The largest absolute Gasteiger partial charge is 0.497 e. The van der Waals surface area contributed by atoms with Gasteiger partial charge in [-0.3, -0.25) is 4.79 Å². The fourth-order valence-electron chi connectivity index (χ4n) is 4.71. The van der Waals surface area contributed by atoms with Crippen LogP contribution in [0.3, 0.4) is 0 Å². The van der Waals surface area contributed by atoms with Gasteiger partial charge in [-0.15, -0.1) is 0 Å². The number of nitrogens with zero attached hydrogens (tertiary/aromatic N) is 1. The first-order valence-corrected chi connectivity index (χ1v) is 11.9. The number of methoxy groups -OCH3 is 2. The van der Waals surface area contributed by atoms with Crippen LogP contribution in [-0.2, 0) is 7.05 Å². The Hall–Kier alpha value is -4.98. The molecule has 0 N–H and O–H groups in total. The van der Waals surface area contributed by atoms with Crippen molar-refractivity contribution in [1.82, 2.24) is 4.57 Å². The molecule has 190 valence electrons. The van der Waals surface area contributed by atoms with E-state index in [9.17, 15) is 9.59 Å². The van der Waals surface area contributed by atoms with Crippen molar-refractivity contribution >= 4 is 39.7 Å². The van der Waals surface area contributed by atoms with Crippen molar-refractivity contribution in [2.75, 3.05) is 14.2 Å². The van der Waals surface area contributed by atoms with Crippen LogP contribution in [0.5, 0.6) is 23.0 Å². The predicted octanol–water partition coefficient (Wildman–Crippen LogP) is 6.09. The number of allylic oxidation sites excluding steroid dienone is 1. The number of furan rings is 1. The van der Waals surface area contributed by atoms with Gasteiger partial charge in [0.2, 0.25) is 11.5 Å². The third-order valence-electron chi connectivity index (χ3n) is 6.68. The number of carbonyl (C=O) groups is 2. The second-order valence-corrected chi connectivity index (χ2v) is 8.96. The van der Waals surface area contributed by atoms with Crippen LogP contribution in [-0.4, -0.2) is 30.5 Å². The molecule has 3 heterocycles. The summed E-state index contributed by atoms with van der Waals surface area (Å²) in [6, 6.07) is 15.9. The van der Waals surface area contributed by atoms with Gasteiger partial charge in [-0.05, 0) is 55.5 Å². The molecule has 0 spiro atoms. The Labute approximate surface area is 217 Å². The highest BCUT2D eigenvalue weighted by Gasteiger charge is 2.31. The Bertz CT molecular complexity index is 1800. The SMILES string of the molecule is COc1ccc2c(c1)c(/C=C1\Oc3c(ccc(OC(=O)c4cc5cccc(OC)c5o4)c3C)C1=O)cn2C. The van der Waals surface area contributed by atoms with Gasteiger partial charge in [-0.1, -0.05) is 12.1 Å². The minimum atomic E-state index is -0.670. The van der Waals surface area contributed by atoms with Crippen LogP contribution in [0.25, 0.3) is 27.9 Å². The lowest BCUT2D eigenvalue weighted by atomic mass is 10.1. The van der Waals surface area contributed by atoms with Crippen molar-refractivity contribution in [2.24, 2.45) is 7.05 Å². The van der Waals surface area contributed by atoms with E-state index in [4.69, 9.17) is 23.4 Å². The third kappa shape index (κ3) is 3.69. The Kier molecular flexibility index (Phi) is 5.45. The second kappa shape index (κ2) is 8.85. The minimum Gasteiger partial charge on any atom is -0.497 e. The van der Waals surface area contributed by atoms with Gasteiger partial charge in [0, 0.05) is 40.7 Å². The number of rotatable bonds is 5. The van der Waals surface area contributed by atoms with E-state index < -0.39 is 5.97 Å². The number of Topliss-reactive ketones (excluding diaryl/α,β-unsaturated/α-hetero) is 1. The van der Waals surface area contributed by atoms with Crippen LogP contribution in [0.15, 0.2) is 71.0 Å². The summed E-state index contributed by atoms with van der Waals surface area (Å²) in [5.74, 6) is 1.17. The monoisotopic (exact) mass is 509 g/mol. The molecule has 1 aliphatic rings. The highest BCUT2D eigenvalue weighted by atomic mass is 16.6. The van der Waals surface area contributed by atoms with E-state index in [1.165, 1.54) is 7.11 Å². The van der Waals surface area contributed by atoms with Gasteiger partial charge in [-0.2, -0.15) is 0 Å². The molecule has 0 saturated carbocycles. The Balaban J connectivity index is 1.30. The number of esters is 1. The number of ether oxygens (including phenoxy) is 4. The predicted molar refractivity (Wildman–Crippen MR) is 141 cm³/mol. The van der Waals surface area contributed by atoms with Gasteiger partial charge in [0.15, 0.2) is 17.1 Å². The lowest BCUT2D eigenvalue weighted by Gasteiger charge is -2.09. The van der Waals surface area contributed by atoms with E-state index in [-0.39, 0.29) is 23.1 Å².